The van der Waals surface area contributed by atoms with Crippen LogP contribution in [0.1, 0.15) is 43.1 Å². The third kappa shape index (κ3) is 3.97. The predicted octanol–water partition coefficient (Wildman–Crippen LogP) is 3.34. The van der Waals surface area contributed by atoms with Gasteiger partial charge in [0.1, 0.15) is 0 Å². The van der Waals surface area contributed by atoms with E-state index in [4.69, 9.17) is 0 Å². The number of carbonyl (C=O) groups excluding carboxylic acids is 1. The first-order chi connectivity index (χ1) is 10.6. The van der Waals surface area contributed by atoms with Gasteiger partial charge in [0.05, 0.1) is 17.8 Å². The third-order valence-corrected chi connectivity index (χ3v) is 3.88. The Kier molecular flexibility index (Phi) is 5.75. The van der Waals surface area contributed by atoms with E-state index in [1.807, 2.05) is 48.9 Å². The molecule has 1 aromatic heterocycles. The smallest absolute Gasteiger partial charge is 0.224 e. The molecule has 0 fully saturated rings. The van der Waals surface area contributed by atoms with Crippen molar-refractivity contribution in [3.8, 4) is 5.69 Å². The largest absolute Gasteiger partial charge is 0.356 e. The highest BCUT2D eigenvalue weighted by Gasteiger charge is 2.15. The van der Waals surface area contributed by atoms with Crippen LogP contribution in [0.3, 0.4) is 0 Å². The Morgan fingerprint density at radius 2 is 1.91 bits per heavy atom. The molecular weight excluding hydrogens is 274 g/mol. The van der Waals surface area contributed by atoms with Gasteiger partial charge in [-0.25, -0.2) is 4.68 Å². The first-order valence-electron chi connectivity index (χ1n) is 8.00. The van der Waals surface area contributed by atoms with Gasteiger partial charge in [0.15, 0.2) is 0 Å². The zero-order valence-electron chi connectivity index (χ0n) is 13.7. The standard InChI is InChI=1S/C18H25N3O/c1-4-5-9-12-19-18(22)13-17-14(2)20-21(15(17)3)16-10-7-6-8-11-16/h6-8,10-11H,4-5,9,12-13H2,1-3H3,(H,19,22). The van der Waals surface area contributed by atoms with Gasteiger partial charge in [0.25, 0.3) is 0 Å². The Labute approximate surface area is 132 Å². The van der Waals surface area contributed by atoms with Crippen molar-refractivity contribution in [2.75, 3.05) is 6.54 Å². The van der Waals surface area contributed by atoms with Crippen molar-refractivity contribution in [1.29, 1.82) is 0 Å². The molecule has 2 rings (SSSR count). The first-order valence-corrected chi connectivity index (χ1v) is 8.00. The molecule has 0 spiro atoms. The molecule has 0 radical (unpaired) electrons. The van der Waals surface area contributed by atoms with Crippen LogP contribution in [0.4, 0.5) is 0 Å². The van der Waals surface area contributed by atoms with Crippen LogP contribution < -0.4 is 5.32 Å². The molecule has 1 amide bonds. The molecule has 0 saturated heterocycles. The predicted molar refractivity (Wildman–Crippen MR) is 89.3 cm³/mol. The molecule has 1 aromatic carbocycles. The number of unbranched alkanes of at least 4 members (excludes halogenated alkanes) is 2. The lowest BCUT2D eigenvalue weighted by Crippen LogP contribution is -2.26. The molecule has 0 bridgehead atoms. The van der Waals surface area contributed by atoms with Crippen LogP contribution in [0.2, 0.25) is 0 Å². The van der Waals surface area contributed by atoms with Crippen LogP contribution in [0, 0.1) is 13.8 Å². The fourth-order valence-electron chi connectivity index (χ4n) is 2.58. The maximum absolute atomic E-state index is 12.1. The molecule has 0 saturated carbocycles. The molecule has 0 unspecified atom stereocenters. The Morgan fingerprint density at radius 1 is 1.18 bits per heavy atom. The monoisotopic (exact) mass is 299 g/mol. The Balaban J connectivity index is 2.06. The number of benzene rings is 1. The summed E-state index contributed by atoms with van der Waals surface area (Å²) in [6.45, 7) is 6.91. The van der Waals surface area contributed by atoms with Gasteiger partial charge in [-0.05, 0) is 32.4 Å². The molecule has 22 heavy (non-hydrogen) atoms. The van der Waals surface area contributed by atoms with Gasteiger partial charge in [-0.3, -0.25) is 4.79 Å². The second-order valence-corrected chi connectivity index (χ2v) is 5.63. The second-order valence-electron chi connectivity index (χ2n) is 5.63. The van der Waals surface area contributed by atoms with E-state index in [9.17, 15) is 4.79 Å². The second kappa shape index (κ2) is 7.78. The van der Waals surface area contributed by atoms with E-state index < -0.39 is 0 Å². The van der Waals surface area contributed by atoms with Crippen LogP contribution in [0.25, 0.3) is 5.69 Å². The summed E-state index contributed by atoms with van der Waals surface area (Å²) in [5, 5.41) is 7.57. The summed E-state index contributed by atoms with van der Waals surface area (Å²) >= 11 is 0. The quantitative estimate of drug-likeness (QED) is 0.797. The van der Waals surface area contributed by atoms with E-state index in [1.165, 1.54) is 0 Å². The maximum Gasteiger partial charge on any atom is 0.224 e. The number of hydrogen-bond acceptors (Lipinski definition) is 2. The van der Waals surface area contributed by atoms with Crippen LogP contribution in [-0.2, 0) is 11.2 Å². The Morgan fingerprint density at radius 3 is 2.59 bits per heavy atom. The van der Waals surface area contributed by atoms with Gasteiger partial charge in [0.2, 0.25) is 5.91 Å². The molecule has 1 N–H and O–H groups in total. The summed E-state index contributed by atoms with van der Waals surface area (Å²) in [5.74, 6) is 0.0786. The SMILES string of the molecule is CCCCCNC(=O)Cc1c(C)nn(-c2ccccc2)c1C. The lowest BCUT2D eigenvalue weighted by molar-refractivity contribution is -0.120. The molecule has 118 valence electrons. The minimum absolute atomic E-state index is 0.0786. The number of rotatable bonds is 7. The molecular formula is C18H25N3O. The average molecular weight is 299 g/mol. The number of carbonyl (C=O) groups is 1. The van der Waals surface area contributed by atoms with Gasteiger partial charge < -0.3 is 5.32 Å². The highest BCUT2D eigenvalue weighted by Crippen LogP contribution is 2.18. The minimum Gasteiger partial charge on any atom is -0.356 e. The number of para-hydroxylation sites is 1. The highest BCUT2D eigenvalue weighted by molar-refractivity contribution is 5.79. The zero-order chi connectivity index (χ0) is 15.9. The summed E-state index contributed by atoms with van der Waals surface area (Å²) in [6, 6.07) is 10.0. The maximum atomic E-state index is 12.1. The number of aromatic nitrogens is 2. The molecule has 0 atom stereocenters. The summed E-state index contributed by atoms with van der Waals surface area (Å²) < 4.78 is 1.91. The van der Waals surface area contributed by atoms with Crippen molar-refractivity contribution in [2.45, 2.75) is 46.5 Å². The Bertz CT molecular complexity index is 617. The van der Waals surface area contributed by atoms with E-state index in [2.05, 4.69) is 17.3 Å². The van der Waals surface area contributed by atoms with E-state index in [1.54, 1.807) is 0 Å². The van der Waals surface area contributed by atoms with Crippen LogP contribution in [0.15, 0.2) is 30.3 Å². The molecule has 4 heteroatoms. The molecule has 2 aromatic rings. The topological polar surface area (TPSA) is 46.9 Å². The van der Waals surface area contributed by atoms with Crippen LogP contribution >= 0.6 is 0 Å². The average Bonchev–Trinajstić information content (AvgIpc) is 2.80. The van der Waals surface area contributed by atoms with Gasteiger partial charge >= 0.3 is 0 Å². The van der Waals surface area contributed by atoms with Crippen molar-refractivity contribution >= 4 is 5.91 Å². The number of amides is 1. The molecule has 0 aliphatic carbocycles. The molecule has 1 heterocycles. The summed E-state index contributed by atoms with van der Waals surface area (Å²) in [5.41, 5.74) is 4.01. The Hall–Kier alpha value is -2.10. The number of nitrogens with zero attached hydrogens (tertiary/aromatic N) is 2. The summed E-state index contributed by atoms with van der Waals surface area (Å²) in [4.78, 5) is 12.1. The lowest BCUT2D eigenvalue weighted by atomic mass is 10.1. The minimum atomic E-state index is 0.0786. The molecule has 4 nitrogen and oxygen atoms in total. The molecule has 0 aliphatic heterocycles. The molecule has 0 aliphatic rings. The van der Waals surface area contributed by atoms with Crippen molar-refractivity contribution in [3.05, 3.63) is 47.3 Å². The van der Waals surface area contributed by atoms with Crippen molar-refractivity contribution in [2.24, 2.45) is 0 Å². The van der Waals surface area contributed by atoms with Gasteiger partial charge in [-0.1, -0.05) is 38.0 Å². The number of hydrogen-bond donors (Lipinski definition) is 1. The van der Waals surface area contributed by atoms with Crippen molar-refractivity contribution in [1.82, 2.24) is 15.1 Å². The fraction of sp³-hybridized carbons (Fsp3) is 0.444. The fourth-order valence-corrected chi connectivity index (χ4v) is 2.58. The summed E-state index contributed by atoms with van der Waals surface area (Å²) in [6.07, 6.45) is 3.77. The lowest BCUT2D eigenvalue weighted by Gasteiger charge is -2.06. The highest BCUT2D eigenvalue weighted by atomic mass is 16.1. The van der Waals surface area contributed by atoms with E-state index in [0.717, 1.165) is 48.4 Å². The zero-order valence-corrected chi connectivity index (χ0v) is 13.7. The normalized spacial score (nSPS) is 10.7. The number of aryl methyl sites for hydroxylation is 1. The third-order valence-electron chi connectivity index (χ3n) is 3.88. The van der Waals surface area contributed by atoms with Crippen molar-refractivity contribution in [3.63, 3.8) is 0 Å². The van der Waals surface area contributed by atoms with E-state index >= 15 is 0 Å². The van der Waals surface area contributed by atoms with E-state index in [0.29, 0.717) is 6.42 Å². The van der Waals surface area contributed by atoms with Crippen LogP contribution in [0.5, 0.6) is 0 Å². The number of nitrogens with one attached hydrogen (secondary N) is 1. The summed E-state index contributed by atoms with van der Waals surface area (Å²) in [7, 11) is 0. The van der Waals surface area contributed by atoms with Gasteiger partial charge in [0, 0.05) is 17.8 Å². The first kappa shape index (κ1) is 16.3. The van der Waals surface area contributed by atoms with Gasteiger partial charge in [-0.15, -0.1) is 0 Å². The van der Waals surface area contributed by atoms with Crippen molar-refractivity contribution < 1.29 is 4.79 Å². The van der Waals surface area contributed by atoms with E-state index in [-0.39, 0.29) is 5.91 Å². The van der Waals surface area contributed by atoms with Gasteiger partial charge in [-0.2, -0.15) is 5.10 Å². The van der Waals surface area contributed by atoms with Crippen LogP contribution in [-0.4, -0.2) is 22.2 Å².